The molecule has 0 aliphatic carbocycles. The minimum atomic E-state index is -0.123. The molecule has 0 N–H and O–H groups in total. The van der Waals surface area contributed by atoms with Crippen LogP contribution < -0.4 is 4.90 Å². The number of benzene rings is 2. The summed E-state index contributed by atoms with van der Waals surface area (Å²) < 4.78 is 0. The van der Waals surface area contributed by atoms with E-state index in [1.807, 2.05) is 53.4 Å². The standard InChI is InChI=1S/C17H15NO/c1-2-15-16(13-9-5-3-6-10-13)18(17(15)19)14-11-7-4-8-12-14/h2-12,15-16H,1H2/t15?,16-/m1/s1. The molecule has 2 aromatic carbocycles. The molecule has 1 amide bonds. The van der Waals surface area contributed by atoms with Crippen molar-refractivity contribution in [1.82, 2.24) is 0 Å². The lowest BCUT2D eigenvalue weighted by Crippen LogP contribution is -2.54. The van der Waals surface area contributed by atoms with Crippen LogP contribution in [0.4, 0.5) is 5.69 Å². The summed E-state index contributed by atoms with van der Waals surface area (Å²) in [5.41, 5.74) is 2.09. The Balaban J connectivity index is 2.00. The molecule has 0 bridgehead atoms. The molecule has 2 nitrogen and oxygen atoms in total. The van der Waals surface area contributed by atoms with Crippen LogP contribution in [-0.4, -0.2) is 5.91 Å². The van der Waals surface area contributed by atoms with Crippen molar-refractivity contribution < 1.29 is 4.79 Å². The van der Waals surface area contributed by atoms with Gasteiger partial charge in [0.15, 0.2) is 0 Å². The average molecular weight is 249 g/mol. The molecule has 0 spiro atoms. The molecule has 94 valence electrons. The van der Waals surface area contributed by atoms with Crippen molar-refractivity contribution in [2.75, 3.05) is 4.90 Å². The average Bonchev–Trinajstić information content (AvgIpc) is 2.47. The third kappa shape index (κ3) is 1.85. The van der Waals surface area contributed by atoms with Gasteiger partial charge in [-0.05, 0) is 17.7 Å². The SMILES string of the molecule is C=CC1C(=O)N(c2ccccc2)[C@@H]1c1ccccc1. The molecule has 2 atom stereocenters. The van der Waals surface area contributed by atoms with Crippen molar-refractivity contribution in [3.63, 3.8) is 0 Å². The van der Waals surface area contributed by atoms with Gasteiger partial charge < -0.3 is 4.90 Å². The Morgan fingerprint density at radius 2 is 1.53 bits per heavy atom. The number of amides is 1. The maximum absolute atomic E-state index is 12.2. The number of β-lactam (4-membered cyclic amide) rings is 1. The second-order valence-electron chi connectivity index (χ2n) is 4.66. The summed E-state index contributed by atoms with van der Waals surface area (Å²) >= 11 is 0. The van der Waals surface area contributed by atoms with Gasteiger partial charge in [-0.1, -0.05) is 54.6 Å². The van der Waals surface area contributed by atoms with Crippen LogP contribution in [0.15, 0.2) is 73.3 Å². The molecule has 0 aromatic heterocycles. The Bertz CT molecular complexity index is 591. The van der Waals surface area contributed by atoms with E-state index in [0.717, 1.165) is 11.3 Å². The highest BCUT2D eigenvalue weighted by molar-refractivity contribution is 6.04. The molecule has 1 fully saturated rings. The highest BCUT2D eigenvalue weighted by Crippen LogP contribution is 2.43. The van der Waals surface area contributed by atoms with Gasteiger partial charge in [0.05, 0.1) is 12.0 Å². The second kappa shape index (κ2) is 4.73. The van der Waals surface area contributed by atoms with Crippen LogP contribution in [-0.2, 0) is 4.79 Å². The Morgan fingerprint density at radius 1 is 0.947 bits per heavy atom. The lowest BCUT2D eigenvalue weighted by atomic mass is 9.82. The number of carbonyl (C=O) groups excluding carboxylic acids is 1. The van der Waals surface area contributed by atoms with Crippen LogP contribution in [0.25, 0.3) is 0 Å². The van der Waals surface area contributed by atoms with Gasteiger partial charge in [-0.15, -0.1) is 6.58 Å². The maximum atomic E-state index is 12.2. The van der Waals surface area contributed by atoms with Gasteiger partial charge in [-0.25, -0.2) is 0 Å². The first-order valence-corrected chi connectivity index (χ1v) is 6.38. The molecular formula is C17H15NO. The molecule has 1 saturated heterocycles. The number of hydrogen-bond acceptors (Lipinski definition) is 1. The van der Waals surface area contributed by atoms with Crippen molar-refractivity contribution in [1.29, 1.82) is 0 Å². The highest BCUT2D eigenvalue weighted by Gasteiger charge is 2.46. The first-order chi connectivity index (χ1) is 9.33. The van der Waals surface area contributed by atoms with Crippen LogP contribution in [0.2, 0.25) is 0 Å². The summed E-state index contributed by atoms with van der Waals surface area (Å²) in [6.07, 6.45) is 1.75. The first-order valence-electron chi connectivity index (χ1n) is 6.38. The Hall–Kier alpha value is -2.35. The largest absolute Gasteiger partial charge is 0.303 e. The minimum Gasteiger partial charge on any atom is -0.303 e. The minimum absolute atomic E-state index is 0.0635. The van der Waals surface area contributed by atoms with Gasteiger partial charge in [0, 0.05) is 5.69 Å². The van der Waals surface area contributed by atoms with E-state index in [-0.39, 0.29) is 17.9 Å². The van der Waals surface area contributed by atoms with E-state index in [9.17, 15) is 4.79 Å². The number of hydrogen-bond donors (Lipinski definition) is 0. The number of carbonyl (C=O) groups is 1. The van der Waals surface area contributed by atoms with Crippen LogP contribution >= 0.6 is 0 Å². The molecule has 1 heterocycles. The van der Waals surface area contributed by atoms with E-state index in [4.69, 9.17) is 0 Å². The van der Waals surface area contributed by atoms with Crippen molar-refractivity contribution in [3.05, 3.63) is 78.9 Å². The third-order valence-electron chi connectivity index (χ3n) is 3.57. The van der Waals surface area contributed by atoms with Crippen molar-refractivity contribution in [2.45, 2.75) is 6.04 Å². The molecular weight excluding hydrogens is 234 g/mol. The van der Waals surface area contributed by atoms with E-state index in [1.54, 1.807) is 6.08 Å². The summed E-state index contributed by atoms with van der Waals surface area (Å²) in [7, 11) is 0. The fourth-order valence-corrected chi connectivity index (χ4v) is 2.62. The van der Waals surface area contributed by atoms with Crippen molar-refractivity contribution in [3.8, 4) is 0 Å². The van der Waals surface area contributed by atoms with E-state index in [2.05, 4.69) is 18.7 Å². The Morgan fingerprint density at radius 3 is 2.11 bits per heavy atom. The van der Waals surface area contributed by atoms with Gasteiger partial charge in [0.25, 0.3) is 0 Å². The molecule has 1 unspecified atom stereocenters. The normalized spacial score (nSPS) is 21.9. The van der Waals surface area contributed by atoms with Crippen LogP contribution in [0.1, 0.15) is 11.6 Å². The summed E-state index contributed by atoms with van der Waals surface area (Å²) in [4.78, 5) is 14.1. The highest BCUT2D eigenvalue weighted by atomic mass is 16.2. The molecule has 1 aliphatic heterocycles. The lowest BCUT2D eigenvalue weighted by Gasteiger charge is -2.46. The molecule has 3 rings (SSSR count). The predicted molar refractivity (Wildman–Crippen MR) is 76.8 cm³/mol. The first kappa shape index (κ1) is 11.7. The quantitative estimate of drug-likeness (QED) is 0.601. The summed E-state index contributed by atoms with van der Waals surface area (Å²) in [5, 5.41) is 0. The monoisotopic (exact) mass is 249 g/mol. The zero-order chi connectivity index (χ0) is 13.2. The zero-order valence-corrected chi connectivity index (χ0v) is 10.6. The maximum Gasteiger partial charge on any atom is 0.236 e. The van der Waals surface area contributed by atoms with Gasteiger partial charge in [-0.2, -0.15) is 0 Å². The summed E-state index contributed by atoms with van der Waals surface area (Å²) in [6.45, 7) is 3.79. The Labute approximate surface area is 113 Å². The van der Waals surface area contributed by atoms with Gasteiger partial charge in [0.1, 0.15) is 0 Å². The van der Waals surface area contributed by atoms with E-state index < -0.39 is 0 Å². The fraction of sp³-hybridized carbons (Fsp3) is 0.118. The number of anilines is 1. The molecule has 0 radical (unpaired) electrons. The number of nitrogens with zero attached hydrogens (tertiary/aromatic N) is 1. The topological polar surface area (TPSA) is 20.3 Å². The zero-order valence-electron chi connectivity index (χ0n) is 10.6. The van der Waals surface area contributed by atoms with E-state index in [0.29, 0.717) is 0 Å². The smallest absolute Gasteiger partial charge is 0.236 e. The molecule has 1 aliphatic rings. The predicted octanol–water partition coefficient (Wildman–Crippen LogP) is 3.58. The number of para-hydroxylation sites is 1. The fourth-order valence-electron chi connectivity index (χ4n) is 2.62. The molecule has 19 heavy (non-hydrogen) atoms. The van der Waals surface area contributed by atoms with Crippen LogP contribution in [0.3, 0.4) is 0 Å². The Kier molecular flexibility index (Phi) is 2.92. The summed E-state index contributed by atoms with van der Waals surface area (Å²) in [5.74, 6) is -0.00217. The number of rotatable bonds is 3. The second-order valence-corrected chi connectivity index (χ2v) is 4.66. The third-order valence-corrected chi connectivity index (χ3v) is 3.57. The molecule has 2 heteroatoms. The van der Waals surface area contributed by atoms with Gasteiger partial charge >= 0.3 is 0 Å². The van der Waals surface area contributed by atoms with E-state index >= 15 is 0 Å². The molecule has 2 aromatic rings. The van der Waals surface area contributed by atoms with Gasteiger partial charge in [0.2, 0.25) is 5.91 Å². The summed E-state index contributed by atoms with van der Waals surface area (Å²) in [6, 6.07) is 20.0. The van der Waals surface area contributed by atoms with Crippen LogP contribution in [0, 0.1) is 5.92 Å². The van der Waals surface area contributed by atoms with Crippen molar-refractivity contribution >= 4 is 11.6 Å². The van der Waals surface area contributed by atoms with Gasteiger partial charge in [-0.3, -0.25) is 4.79 Å². The van der Waals surface area contributed by atoms with E-state index in [1.165, 1.54) is 0 Å². The van der Waals surface area contributed by atoms with Crippen LogP contribution in [0.5, 0.6) is 0 Å². The lowest BCUT2D eigenvalue weighted by molar-refractivity contribution is -0.128. The van der Waals surface area contributed by atoms with Crippen molar-refractivity contribution in [2.24, 2.45) is 5.92 Å². The molecule has 0 saturated carbocycles.